The van der Waals surface area contributed by atoms with Gasteiger partial charge < -0.3 is 15.6 Å². The van der Waals surface area contributed by atoms with Crippen LogP contribution in [0.4, 0.5) is 0 Å². The molecule has 0 aromatic carbocycles. The average Bonchev–Trinajstić information content (AvgIpc) is 1.87. The Kier molecular flexibility index (Phi) is 3.96. The summed E-state index contributed by atoms with van der Waals surface area (Å²) in [5, 5.41) is 8.69. The molecule has 0 bridgehead atoms. The lowest BCUT2D eigenvalue weighted by molar-refractivity contribution is -0.0867. The molecule has 3 N–H and O–H groups in total. The topological polar surface area (TPSA) is 55.5 Å². The van der Waals surface area contributed by atoms with Gasteiger partial charge in [0.15, 0.2) is 6.29 Å². The molecular weight excluding hydrogens is 118 g/mol. The molecule has 0 saturated heterocycles. The van der Waals surface area contributed by atoms with Crippen LogP contribution in [0.1, 0.15) is 0 Å². The molecular formula is C6H11NO2. The first-order valence-electron chi connectivity index (χ1n) is 2.55. The van der Waals surface area contributed by atoms with Crippen LogP contribution >= 0.6 is 0 Å². The van der Waals surface area contributed by atoms with Crippen molar-refractivity contribution in [2.75, 3.05) is 0 Å². The van der Waals surface area contributed by atoms with E-state index < -0.39 is 12.5 Å². The van der Waals surface area contributed by atoms with Crippen LogP contribution in [0.5, 0.6) is 0 Å². The SMILES string of the molecule is C=CC(N)OC(O)C=C. The zero-order chi connectivity index (χ0) is 7.28. The van der Waals surface area contributed by atoms with Gasteiger partial charge in [-0.15, -0.1) is 0 Å². The van der Waals surface area contributed by atoms with Gasteiger partial charge in [-0.05, 0) is 12.2 Å². The lowest BCUT2D eigenvalue weighted by Gasteiger charge is -2.10. The van der Waals surface area contributed by atoms with Crippen molar-refractivity contribution in [2.24, 2.45) is 5.73 Å². The number of hydrogen-bond acceptors (Lipinski definition) is 3. The Morgan fingerprint density at radius 2 is 2.00 bits per heavy atom. The van der Waals surface area contributed by atoms with Gasteiger partial charge in [0.1, 0.15) is 6.23 Å². The van der Waals surface area contributed by atoms with Crippen molar-refractivity contribution in [2.45, 2.75) is 12.5 Å². The molecule has 0 fully saturated rings. The molecule has 0 amide bonds. The Hall–Kier alpha value is -0.640. The molecule has 0 radical (unpaired) electrons. The summed E-state index contributed by atoms with van der Waals surface area (Å²) >= 11 is 0. The first-order chi connectivity index (χ1) is 4.20. The Bertz CT molecular complexity index is 91.2. The molecule has 0 aliphatic rings. The zero-order valence-electron chi connectivity index (χ0n) is 5.16. The monoisotopic (exact) mass is 129 g/mol. The van der Waals surface area contributed by atoms with Crippen molar-refractivity contribution < 1.29 is 9.84 Å². The van der Waals surface area contributed by atoms with E-state index in [-0.39, 0.29) is 0 Å². The van der Waals surface area contributed by atoms with E-state index in [0.29, 0.717) is 0 Å². The van der Waals surface area contributed by atoms with Gasteiger partial charge in [-0.25, -0.2) is 0 Å². The quantitative estimate of drug-likeness (QED) is 0.414. The molecule has 9 heavy (non-hydrogen) atoms. The number of aliphatic hydroxyl groups is 1. The highest BCUT2D eigenvalue weighted by Gasteiger charge is 2.00. The maximum absolute atomic E-state index is 8.69. The highest BCUT2D eigenvalue weighted by Crippen LogP contribution is 1.90. The Morgan fingerprint density at radius 3 is 2.33 bits per heavy atom. The second-order valence-corrected chi connectivity index (χ2v) is 1.46. The molecule has 0 aromatic heterocycles. The van der Waals surface area contributed by atoms with Gasteiger partial charge in [0.05, 0.1) is 0 Å². The molecule has 0 saturated carbocycles. The molecule has 0 spiro atoms. The maximum atomic E-state index is 8.69. The smallest absolute Gasteiger partial charge is 0.176 e. The molecule has 0 rings (SSSR count). The summed E-state index contributed by atoms with van der Waals surface area (Å²) in [6.07, 6.45) is 0.992. The Balaban J connectivity index is 3.45. The summed E-state index contributed by atoms with van der Waals surface area (Å²) in [7, 11) is 0. The fourth-order valence-electron chi connectivity index (χ4n) is 0.272. The van der Waals surface area contributed by atoms with Gasteiger partial charge in [-0.2, -0.15) is 0 Å². The van der Waals surface area contributed by atoms with Crippen molar-refractivity contribution in [1.82, 2.24) is 0 Å². The Morgan fingerprint density at radius 1 is 1.44 bits per heavy atom. The van der Waals surface area contributed by atoms with Gasteiger partial charge >= 0.3 is 0 Å². The van der Waals surface area contributed by atoms with E-state index >= 15 is 0 Å². The maximum Gasteiger partial charge on any atom is 0.176 e. The van der Waals surface area contributed by atoms with E-state index in [2.05, 4.69) is 17.9 Å². The summed E-state index contributed by atoms with van der Waals surface area (Å²) in [5.41, 5.74) is 5.20. The van der Waals surface area contributed by atoms with Crippen LogP contribution in [-0.2, 0) is 4.74 Å². The van der Waals surface area contributed by atoms with E-state index in [1.165, 1.54) is 12.2 Å². The van der Waals surface area contributed by atoms with E-state index in [1.54, 1.807) is 0 Å². The minimum Gasteiger partial charge on any atom is -0.365 e. The fourth-order valence-corrected chi connectivity index (χ4v) is 0.272. The first kappa shape index (κ1) is 8.36. The standard InChI is InChI=1S/C6H11NO2/c1-3-5(7)9-6(8)4-2/h3-6,8H,1-2,7H2. The molecule has 2 unspecified atom stereocenters. The predicted molar refractivity (Wildman–Crippen MR) is 35.5 cm³/mol. The molecule has 0 aliphatic heterocycles. The summed E-state index contributed by atoms with van der Waals surface area (Å²) in [5.74, 6) is 0. The third-order valence-electron chi connectivity index (χ3n) is 0.731. The summed E-state index contributed by atoms with van der Waals surface area (Å²) in [4.78, 5) is 0. The van der Waals surface area contributed by atoms with Crippen LogP contribution in [0.2, 0.25) is 0 Å². The molecule has 2 atom stereocenters. The van der Waals surface area contributed by atoms with E-state index in [1.807, 2.05) is 0 Å². The van der Waals surface area contributed by atoms with Gasteiger partial charge in [-0.3, -0.25) is 0 Å². The van der Waals surface area contributed by atoms with E-state index in [4.69, 9.17) is 10.8 Å². The lowest BCUT2D eigenvalue weighted by atomic mass is 10.5. The molecule has 0 aromatic rings. The van der Waals surface area contributed by atoms with Crippen LogP contribution in [0, 0.1) is 0 Å². The molecule has 52 valence electrons. The van der Waals surface area contributed by atoms with E-state index in [0.717, 1.165) is 0 Å². The highest BCUT2D eigenvalue weighted by atomic mass is 16.6. The number of hydrogen-bond donors (Lipinski definition) is 2. The largest absolute Gasteiger partial charge is 0.365 e. The van der Waals surface area contributed by atoms with Crippen LogP contribution in [-0.4, -0.2) is 17.6 Å². The third-order valence-corrected chi connectivity index (χ3v) is 0.731. The van der Waals surface area contributed by atoms with Crippen molar-refractivity contribution in [1.29, 1.82) is 0 Å². The summed E-state index contributed by atoms with van der Waals surface area (Å²) in [6.45, 7) is 6.64. The second-order valence-electron chi connectivity index (χ2n) is 1.46. The fraction of sp³-hybridized carbons (Fsp3) is 0.333. The van der Waals surface area contributed by atoms with Crippen molar-refractivity contribution >= 4 is 0 Å². The van der Waals surface area contributed by atoms with Crippen molar-refractivity contribution in [3.05, 3.63) is 25.3 Å². The normalized spacial score (nSPS) is 16.2. The third kappa shape index (κ3) is 3.90. The first-order valence-corrected chi connectivity index (χ1v) is 2.55. The molecule has 3 nitrogen and oxygen atoms in total. The minimum absolute atomic E-state index is 0.627. The zero-order valence-corrected chi connectivity index (χ0v) is 5.16. The van der Waals surface area contributed by atoms with Crippen LogP contribution in [0.15, 0.2) is 25.3 Å². The van der Waals surface area contributed by atoms with Gasteiger partial charge in [-0.1, -0.05) is 13.2 Å². The van der Waals surface area contributed by atoms with Gasteiger partial charge in [0, 0.05) is 0 Å². The minimum atomic E-state index is -1.00. The van der Waals surface area contributed by atoms with Crippen molar-refractivity contribution in [3.63, 3.8) is 0 Å². The molecule has 0 heterocycles. The molecule has 3 heteroatoms. The predicted octanol–water partition coefficient (Wildman–Crippen LogP) is -0.0218. The number of aliphatic hydroxyl groups excluding tert-OH is 1. The highest BCUT2D eigenvalue weighted by molar-refractivity contribution is 4.78. The summed E-state index contributed by atoms with van der Waals surface area (Å²) in [6, 6.07) is 0. The summed E-state index contributed by atoms with van der Waals surface area (Å²) < 4.78 is 4.65. The number of rotatable bonds is 4. The van der Waals surface area contributed by atoms with E-state index in [9.17, 15) is 0 Å². The average molecular weight is 129 g/mol. The number of nitrogens with two attached hydrogens (primary N) is 1. The Labute approximate surface area is 54.4 Å². The van der Waals surface area contributed by atoms with Crippen LogP contribution < -0.4 is 5.73 Å². The van der Waals surface area contributed by atoms with Crippen LogP contribution in [0.25, 0.3) is 0 Å². The van der Waals surface area contributed by atoms with Crippen molar-refractivity contribution in [3.8, 4) is 0 Å². The van der Waals surface area contributed by atoms with Crippen LogP contribution in [0.3, 0.4) is 0 Å². The molecule has 0 aliphatic carbocycles. The van der Waals surface area contributed by atoms with Gasteiger partial charge in [0.2, 0.25) is 0 Å². The van der Waals surface area contributed by atoms with Gasteiger partial charge in [0.25, 0.3) is 0 Å². The number of ether oxygens (including phenoxy) is 1. The second kappa shape index (κ2) is 4.26. The lowest BCUT2D eigenvalue weighted by Crippen LogP contribution is -2.25.